The summed E-state index contributed by atoms with van der Waals surface area (Å²) in [5, 5.41) is 41.5. The molecule has 6 heterocycles. The maximum absolute atomic E-state index is 12.6. The van der Waals surface area contributed by atoms with E-state index in [2.05, 4.69) is 36.4 Å². The average molecular weight is 806 g/mol. The number of carbonyl (C=O) groups is 6. The Morgan fingerprint density at radius 2 is 1.72 bits per heavy atom. The number of carboxylic acids is 2. The normalized spacial score (nSPS) is 23.7. The van der Waals surface area contributed by atoms with Crippen LogP contribution in [0.3, 0.4) is 0 Å². The van der Waals surface area contributed by atoms with E-state index in [1.165, 1.54) is 69.6 Å². The van der Waals surface area contributed by atoms with Gasteiger partial charge in [0.25, 0.3) is 11.8 Å². The van der Waals surface area contributed by atoms with Gasteiger partial charge >= 0.3 is 11.9 Å². The van der Waals surface area contributed by atoms with Crippen LogP contribution in [0.5, 0.6) is 0 Å². The van der Waals surface area contributed by atoms with Crippen molar-refractivity contribution in [1.29, 1.82) is 0 Å². The van der Waals surface area contributed by atoms with Crippen LogP contribution in [-0.4, -0.2) is 139 Å². The molecule has 0 unspecified atom stereocenters. The summed E-state index contributed by atoms with van der Waals surface area (Å²) in [6.07, 6.45) is 8.49. The highest BCUT2D eigenvalue weighted by Crippen LogP contribution is 2.42. The van der Waals surface area contributed by atoms with Crippen LogP contribution < -0.4 is 16.4 Å². The van der Waals surface area contributed by atoms with Gasteiger partial charge in [-0.15, -0.1) is 38.8 Å². The maximum atomic E-state index is 12.6. The number of β-lactam (4-membered cyclic amide) rings is 2. The summed E-state index contributed by atoms with van der Waals surface area (Å²) in [4.78, 5) is 75.0. The topological polar surface area (TPSA) is 278 Å². The molecule has 2 aromatic rings. The standard InChI is InChI=1S/C16H19N3O5S.C13H12N8O4S3/c1-24-9-7-25-15-11(14(21)19(15)12(9)16(22)23)18-13(20)10(17)8-5-3-2-4-6-8;22-7(1-20-4-14-18-19-20)16-8-10(23)21-9(12(24)25)6(2-26-11(8)21)3-27-13-17-15-5-28-13/h2-3,6,10-11,15H,4-5,7,17H2,1H3,(H,18,20)(H,22,23);4-5,8,11H,1-3H2,(H,16,22)(H,24,25)/t10-,11-,15-;8-,11-/m11/s1. The molecule has 1 aliphatic carbocycles. The van der Waals surface area contributed by atoms with Crippen LogP contribution in [0.2, 0.25) is 0 Å². The largest absolute Gasteiger partial charge is 0.498 e. The number of amides is 4. The third-order valence-corrected chi connectivity index (χ3v) is 12.9. The number of hydrogen-bond donors (Lipinski definition) is 5. The lowest BCUT2D eigenvalue weighted by Crippen LogP contribution is -2.71. The molecule has 4 amide bonds. The summed E-state index contributed by atoms with van der Waals surface area (Å²) in [5.74, 6) is -2.76. The minimum atomic E-state index is -1.23. The second kappa shape index (κ2) is 16.5. The van der Waals surface area contributed by atoms with Gasteiger partial charge in [0.1, 0.15) is 58.7 Å². The van der Waals surface area contributed by atoms with Crippen molar-refractivity contribution < 1.29 is 43.7 Å². The number of tetrazole rings is 1. The van der Waals surface area contributed by atoms with E-state index in [1.54, 1.807) is 5.51 Å². The highest BCUT2D eigenvalue weighted by Gasteiger charge is 2.55. The Labute approximate surface area is 316 Å². The first kappa shape index (κ1) is 38.0. The number of aliphatic carboxylic acids is 2. The van der Waals surface area contributed by atoms with Crippen molar-refractivity contribution in [1.82, 2.24) is 50.8 Å². The number of carboxylic acid groups (broad SMARTS) is 2. The lowest BCUT2D eigenvalue weighted by atomic mass is 9.97. The number of carbonyl (C=O) groups excluding carboxylic acids is 4. The van der Waals surface area contributed by atoms with Gasteiger partial charge in [-0.2, -0.15) is 0 Å². The van der Waals surface area contributed by atoms with Gasteiger partial charge in [0.2, 0.25) is 11.8 Å². The number of ether oxygens (including phenoxy) is 1. The summed E-state index contributed by atoms with van der Waals surface area (Å²) >= 11 is 5.51. The van der Waals surface area contributed by atoms with Crippen molar-refractivity contribution in [2.75, 3.05) is 24.4 Å². The summed E-state index contributed by atoms with van der Waals surface area (Å²) in [6, 6.07) is -2.37. The average Bonchev–Trinajstić information content (AvgIpc) is 3.89. The van der Waals surface area contributed by atoms with Gasteiger partial charge < -0.3 is 31.3 Å². The summed E-state index contributed by atoms with van der Waals surface area (Å²) in [7, 11) is 1.37. The first-order valence-corrected chi connectivity index (χ1v) is 19.6. The van der Waals surface area contributed by atoms with Crippen LogP contribution in [0, 0.1) is 0 Å². The Morgan fingerprint density at radius 1 is 1.02 bits per heavy atom. The Balaban J connectivity index is 0.000000183. The first-order chi connectivity index (χ1) is 25.5. The van der Waals surface area contributed by atoms with E-state index in [0.717, 1.165) is 21.2 Å². The molecule has 0 spiro atoms. The lowest BCUT2D eigenvalue weighted by molar-refractivity contribution is -0.151. The molecule has 7 rings (SSSR count). The van der Waals surface area contributed by atoms with Crippen LogP contribution in [0.15, 0.2) is 62.7 Å². The van der Waals surface area contributed by atoms with Crippen molar-refractivity contribution in [3.63, 3.8) is 0 Å². The fourth-order valence-electron chi connectivity index (χ4n) is 5.82. The predicted octanol–water partition coefficient (Wildman–Crippen LogP) is -1.01. The third kappa shape index (κ3) is 7.95. The fraction of sp³-hybridized carbons (Fsp3) is 0.414. The van der Waals surface area contributed by atoms with Gasteiger partial charge in [-0.25, -0.2) is 14.3 Å². The van der Waals surface area contributed by atoms with Gasteiger partial charge in [0.05, 0.1) is 12.9 Å². The molecule has 0 radical (unpaired) electrons. The molecule has 2 saturated heterocycles. The first-order valence-electron chi connectivity index (χ1n) is 15.6. The van der Waals surface area contributed by atoms with Crippen LogP contribution in [-0.2, 0) is 40.0 Å². The van der Waals surface area contributed by atoms with Crippen molar-refractivity contribution in [2.24, 2.45) is 5.73 Å². The second-order valence-electron chi connectivity index (χ2n) is 11.6. The zero-order valence-corrected chi connectivity index (χ0v) is 30.8. The van der Waals surface area contributed by atoms with E-state index in [1.807, 2.05) is 18.2 Å². The molecule has 53 heavy (non-hydrogen) atoms. The van der Waals surface area contributed by atoms with Crippen molar-refractivity contribution in [3.8, 4) is 0 Å². The Morgan fingerprint density at radius 3 is 2.32 bits per heavy atom. The van der Waals surface area contributed by atoms with Gasteiger partial charge in [-0.3, -0.25) is 29.0 Å². The van der Waals surface area contributed by atoms with E-state index in [-0.39, 0.29) is 23.7 Å². The molecular formula is C29H31N11O9S4. The van der Waals surface area contributed by atoms with E-state index < -0.39 is 64.4 Å². The molecule has 2 aromatic heterocycles. The van der Waals surface area contributed by atoms with E-state index in [4.69, 9.17) is 10.5 Å². The van der Waals surface area contributed by atoms with Gasteiger partial charge in [0.15, 0.2) is 10.0 Å². The molecule has 0 bridgehead atoms. The third-order valence-electron chi connectivity index (χ3n) is 8.37. The van der Waals surface area contributed by atoms with Gasteiger partial charge in [0, 0.05) is 11.5 Å². The number of rotatable bonds is 12. The maximum Gasteiger partial charge on any atom is 0.356 e. The zero-order valence-electron chi connectivity index (χ0n) is 27.6. The predicted molar refractivity (Wildman–Crippen MR) is 189 cm³/mol. The van der Waals surface area contributed by atoms with Gasteiger partial charge in [-0.1, -0.05) is 41.3 Å². The van der Waals surface area contributed by atoms with Crippen molar-refractivity contribution in [2.45, 2.75) is 52.6 Å². The minimum Gasteiger partial charge on any atom is -0.498 e. The molecule has 280 valence electrons. The van der Waals surface area contributed by atoms with E-state index >= 15 is 0 Å². The molecule has 6 N–H and O–H groups in total. The summed E-state index contributed by atoms with van der Waals surface area (Å²) in [6.45, 7) is -0.125. The number of methoxy groups -OCH3 is 1. The molecule has 0 saturated carbocycles. The van der Waals surface area contributed by atoms with Crippen LogP contribution >= 0.6 is 46.6 Å². The molecular weight excluding hydrogens is 775 g/mol. The molecule has 5 aliphatic rings. The number of nitrogens with one attached hydrogen (secondary N) is 2. The lowest BCUT2D eigenvalue weighted by Gasteiger charge is -2.49. The quantitative estimate of drug-likeness (QED) is 0.0976. The fourth-order valence-corrected chi connectivity index (χ4v) is 10.1. The number of allylic oxidation sites excluding steroid dienone is 3. The summed E-state index contributed by atoms with van der Waals surface area (Å²) < 4.78 is 7.02. The molecule has 5 atom stereocenters. The number of thioether (sulfide) groups is 3. The smallest absolute Gasteiger partial charge is 0.356 e. The Kier molecular flexibility index (Phi) is 11.8. The number of nitrogens with two attached hydrogens (primary N) is 1. The monoisotopic (exact) mass is 805 g/mol. The molecule has 4 aliphatic heterocycles. The van der Waals surface area contributed by atoms with Crippen LogP contribution in [0.1, 0.15) is 12.8 Å². The number of aromatic nitrogens is 6. The van der Waals surface area contributed by atoms with Crippen LogP contribution in [0.25, 0.3) is 0 Å². The van der Waals surface area contributed by atoms with Crippen LogP contribution in [0.4, 0.5) is 0 Å². The Bertz CT molecular complexity index is 1920. The molecule has 20 nitrogen and oxygen atoms in total. The van der Waals surface area contributed by atoms with E-state index in [0.29, 0.717) is 29.3 Å². The number of fused-ring (bicyclic) bond motifs is 2. The van der Waals surface area contributed by atoms with E-state index in [9.17, 15) is 39.0 Å². The zero-order chi connectivity index (χ0) is 37.8. The number of hydrogen-bond acceptors (Lipinski definition) is 17. The minimum absolute atomic E-state index is 0.0169. The molecule has 0 aromatic carbocycles. The Hall–Kier alpha value is -4.78. The van der Waals surface area contributed by atoms with Crippen molar-refractivity contribution in [3.05, 3.63) is 58.4 Å². The SMILES string of the molecule is COC1=C(C(=O)O)N2C(=O)[C@@H](NC(=O)[C@H](N)C3=CCC=CC3)[C@H]2SC1.O=C(Cn1cnnn1)N[C@@H]1C(=O)N2C(C(=O)O)=C(CSc3nncs3)CS[C@H]12. The molecule has 24 heteroatoms. The van der Waals surface area contributed by atoms with Crippen molar-refractivity contribution >= 4 is 82.2 Å². The second-order valence-corrected chi connectivity index (χ2v) is 15.8. The molecule has 2 fully saturated rings. The highest BCUT2D eigenvalue weighted by molar-refractivity contribution is 8.02. The van der Waals surface area contributed by atoms with Gasteiger partial charge in [-0.05, 0) is 34.4 Å². The summed E-state index contributed by atoms with van der Waals surface area (Å²) in [5.41, 5.74) is 8.86. The number of nitrogens with zero attached hydrogens (tertiary/aromatic N) is 8. The highest BCUT2D eigenvalue weighted by atomic mass is 32.2.